The largest absolute Gasteiger partial charge is 0.347 e. The summed E-state index contributed by atoms with van der Waals surface area (Å²) in [4.78, 5) is 60.6. The average molecular weight is 588 g/mol. The third-order valence-corrected chi connectivity index (χ3v) is 8.12. The van der Waals surface area contributed by atoms with Crippen LogP contribution in [0.5, 0.6) is 0 Å². The van der Waals surface area contributed by atoms with Gasteiger partial charge in [0.15, 0.2) is 0 Å². The van der Waals surface area contributed by atoms with Gasteiger partial charge in [-0.05, 0) is 47.4 Å². The lowest BCUT2D eigenvalue weighted by molar-refractivity contribution is -0.387. The SMILES string of the molecule is CC(C)c1ccccc1Sc1ccc(/C=C/C(=O)N2CCN(C(=O)c3ccncc3)C(C(=O)N(C)C)C2)cc1[N+](=O)[O-]. The Balaban J connectivity index is 1.51. The maximum atomic E-state index is 13.2. The van der Waals surface area contributed by atoms with E-state index in [-0.39, 0.29) is 49.0 Å². The molecule has 1 unspecified atom stereocenters. The van der Waals surface area contributed by atoms with Crippen molar-refractivity contribution in [2.45, 2.75) is 35.6 Å². The summed E-state index contributed by atoms with van der Waals surface area (Å²) in [6, 6.07) is 15.1. The number of amides is 3. The van der Waals surface area contributed by atoms with Gasteiger partial charge in [0.1, 0.15) is 6.04 Å². The van der Waals surface area contributed by atoms with Crippen molar-refractivity contribution < 1.29 is 19.3 Å². The Labute approximate surface area is 249 Å². The number of carbonyl (C=O) groups excluding carboxylic acids is 3. The molecule has 1 atom stereocenters. The highest BCUT2D eigenvalue weighted by Gasteiger charge is 2.37. The normalized spacial score (nSPS) is 15.2. The van der Waals surface area contributed by atoms with Crippen molar-refractivity contribution in [1.29, 1.82) is 0 Å². The molecule has 1 saturated heterocycles. The highest BCUT2D eigenvalue weighted by molar-refractivity contribution is 7.99. The first kappa shape index (κ1) is 30.4. The fourth-order valence-corrected chi connectivity index (χ4v) is 5.88. The van der Waals surface area contributed by atoms with Crippen LogP contribution >= 0.6 is 11.8 Å². The molecular weight excluding hydrogens is 554 g/mol. The van der Waals surface area contributed by atoms with Crippen molar-refractivity contribution in [2.75, 3.05) is 33.7 Å². The number of hydrogen-bond acceptors (Lipinski definition) is 7. The molecule has 11 heteroatoms. The van der Waals surface area contributed by atoms with Crippen LogP contribution in [0.4, 0.5) is 5.69 Å². The molecule has 0 bridgehead atoms. The number of nitro benzene ring substituents is 1. The number of nitrogens with zero attached hydrogens (tertiary/aromatic N) is 5. The lowest BCUT2D eigenvalue weighted by atomic mass is 10.0. The Morgan fingerprint density at radius 1 is 1.05 bits per heavy atom. The summed E-state index contributed by atoms with van der Waals surface area (Å²) < 4.78 is 0. The van der Waals surface area contributed by atoms with Crippen LogP contribution in [0.2, 0.25) is 0 Å². The Morgan fingerprint density at radius 2 is 1.76 bits per heavy atom. The standard InChI is InChI=1S/C31H33N5O5S/c1-21(2)24-7-5-6-8-27(24)42-28-11-9-22(19-25(28)36(40)41)10-12-29(37)34-17-18-35(26(20-34)31(39)33(3)4)30(38)23-13-15-32-16-14-23/h5-16,19,21,26H,17-18,20H2,1-4H3/b12-10+. The number of benzene rings is 2. The number of hydrogen-bond donors (Lipinski definition) is 0. The number of likely N-dealkylation sites (N-methyl/N-ethyl adjacent to an activating group) is 1. The first-order valence-electron chi connectivity index (χ1n) is 13.5. The molecule has 1 aliphatic rings. The topological polar surface area (TPSA) is 117 Å². The van der Waals surface area contributed by atoms with E-state index in [4.69, 9.17) is 0 Å². The second kappa shape index (κ2) is 13.4. The summed E-state index contributed by atoms with van der Waals surface area (Å²) in [7, 11) is 3.21. The highest BCUT2D eigenvalue weighted by Crippen LogP contribution is 2.39. The predicted molar refractivity (Wildman–Crippen MR) is 161 cm³/mol. The maximum Gasteiger partial charge on any atom is 0.283 e. The number of rotatable bonds is 8. The van der Waals surface area contributed by atoms with Gasteiger partial charge in [-0.25, -0.2) is 0 Å². The number of carbonyl (C=O) groups is 3. The minimum Gasteiger partial charge on any atom is -0.347 e. The van der Waals surface area contributed by atoms with Crippen molar-refractivity contribution >= 4 is 41.2 Å². The summed E-state index contributed by atoms with van der Waals surface area (Å²) in [5.74, 6) is -0.679. The summed E-state index contributed by atoms with van der Waals surface area (Å²) in [6.45, 7) is 4.61. The van der Waals surface area contributed by atoms with Gasteiger partial charge >= 0.3 is 0 Å². The minimum atomic E-state index is -0.849. The van der Waals surface area contributed by atoms with Gasteiger partial charge in [-0.2, -0.15) is 0 Å². The van der Waals surface area contributed by atoms with E-state index >= 15 is 0 Å². The second-order valence-electron chi connectivity index (χ2n) is 10.4. The molecule has 1 aliphatic heterocycles. The number of aromatic nitrogens is 1. The first-order valence-corrected chi connectivity index (χ1v) is 14.3. The van der Waals surface area contributed by atoms with Crippen molar-refractivity contribution in [1.82, 2.24) is 19.7 Å². The Hall–Kier alpha value is -4.51. The van der Waals surface area contributed by atoms with E-state index in [1.165, 1.54) is 57.1 Å². The molecular formula is C31H33N5O5S. The quantitative estimate of drug-likeness (QED) is 0.213. The van der Waals surface area contributed by atoms with Crippen LogP contribution < -0.4 is 0 Å². The lowest BCUT2D eigenvalue weighted by Gasteiger charge is -2.41. The van der Waals surface area contributed by atoms with Crippen molar-refractivity contribution in [2.24, 2.45) is 0 Å². The maximum absolute atomic E-state index is 13.2. The van der Waals surface area contributed by atoms with Gasteiger partial charge in [-0.15, -0.1) is 0 Å². The van der Waals surface area contributed by atoms with Crippen LogP contribution in [0, 0.1) is 10.1 Å². The highest BCUT2D eigenvalue weighted by atomic mass is 32.2. The van der Waals surface area contributed by atoms with E-state index in [0.717, 1.165) is 10.5 Å². The molecule has 2 heterocycles. The van der Waals surface area contributed by atoms with Gasteiger partial charge < -0.3 is 14.7 Å². The van der Waals surface area contributed by atoms with Crippen LogP contribution in [0.3, 0.4) is 0 Å². The Kier molecular flexibility index (Phi) is 9.74. The zero-order chi connectivity index (χ0) is 30.4. The van der Waals surface area contributed by atoms with E-state index < -0.39 is 11.0 Å². The zero-order valence-electron chi connectivity index (χ0n) is 24.0. The predicted octanol–water partition coefficient (Wildman–Crippen LogP) is 4.72. The molecule has 0 spiro atoms. The van der Waals surface area contributed by atoms with Crippen molar-refractivity contribution in [3.05, 3.63) is 99.9 Å². The number of piperazine rings is 1. The fraction of sp³-hybridized carbons (Fsp3) is 0.290. The molecule has 4 rings (SSSR count). The monoisotopic (exact) mass is 587 g/mol. The molecule has 10 nitrogen and oxygen atoms in total. The van der Waals surface area contributed by atoms with Crippen LogP contribution in [0.25, 0.3) is 6.08 Å². The van der Waals surface area contributed by atoms with Crippen LogP contribution in [-0.2, 0) is 9.59 Å². The van der Waals surface area contributed by atoms with Gasteiger partial charge in [0.05, 0.1) is 16.4 Å². The van der Waals surface area contributed by atoms with Gasteiger partial charge in [0.25, 0.3) is 11.6 Å². The van der Waals surface area contributed by atoms with E-state index in [9.17, 15) is 24.5 Å². The fourth-order valence-electron chi connectivity index (χ4n) is 4.70. The van der Waals surface area contributed by atoms with Gasteiger partial charge in [-0.1, -0.05) is 49.9 Å². The lowest BCUT2D eigenvalue weighted by Crippen LogP contribution is -2.61. The third kappa shape index (κ3) is 7.03. The van der Waals surface area contributed by atoms with E-state index in [1.54, 1.807) is 38.4 Å². The molecule has 0 N–H and O–H groups in total. The smallest absolute Gasteiger partial charge is 0.283 e. The second-order valence-corrected chi connectivity index (χ2v) is 11.5. The molecule has 42 heavy (non-hydrogen) atoms. The number of nitro groups is 1. The Bertz CT molecular complexity index is 1510. The van der Waals surface area contributed by atoms with Crippen molar-refractivity contribution in [3.63, 3.8) is 0 Å². The Morgan fingerprint density at radius 3 is 2.43 bits per heavy atom. The summed E-state index contributed by atoms with van der Waals surface area (Å²) in [6.07, 6.45) is 5.90. The molecule has 3 amide bonds. The van der Waals surface area contributed by atoms with Crippen LogP contribution in [-0.4, -0.2) is 82.1 Å². The average Bonchev–Trinajstić information content (AvgIpc) is 2.99. The summed E-state index contributed by atoms with van der Waals surface area (Å²) in [5.41, 5.74) is 1.98. The molecule has 0 radical (unpaired) electrons. The molecule has 0 aliphatic carbocycles. The van der Waals surface area contributed by atoms with Gasteiger partial charge in [0.2, 0.25) is 11.8 Å². The van der Waals surface area contributed by atoms with Crippen LogP contribution in [0.1, 0.15) is 41.3 Å². The third-order valence-electron chi connectivity index (χ3n) is 6.96. The van der Waals surface area contributed by atoms with Crippen LogP contribution in [0.15, 0.2) is 82.9 Å². The van der Waals surface area contributed by atoms with E-state index in [1.807, 2.05) is 24.3 Å². The zero-order valence-corrected chi connectivity index (χ0v) is 24.8. The first-order chi connectivity index (χ1) is 20.1. The molecule has 3 aromatic rings. The molecule has 2 aromatic carbocycles. The van der Waals surface area contributed by atoms with E-state index in [0.29, 0.717) is 16.0 Å². The van der Waals surface area contributed by atoms with Gasteiger partial charge in [0, 0.05) is 62.2 Å². The summed E-state index contributed by atoms with van der Waals surface area (Å²) in [5, 5.41) is 11.9. The van der Waals surface area contributed by atoms with E-state index in [2.05, 4.69) is 18.8 Å². The van der Waals surface area contributed by atoms with Gasteiger partial charge in [-0.3, -0.25) is 29.5 Å². The minimum absolute atomic E-state index is 0.0298. The molecule has 218 valence electrons. The summed E-state index contributed by atoms with van der Waals surface area (Å²) >= 11 is 1.35. The molecule has 0 saturated carbocycles. The molecule has 1 aromatic heterocycles. The van der Waals surface area contributed by atoms with Crippen molar-refractivity contribution in [3.8, 4) is 0 Å². The number of pyridine rings is 1. The molecule has 1 fully saturated rings.